The van der Waals surface area contributed by atoms with Gasteiger partial charge >= 0.3 is 4.87 Å². The van der Waals surface area contributed by atoms with Crippen molar-refractivity contribution in [1.29, 1.82) is 0 Å². The minimum atomic E-state index is -0.811. The van der Waals surface area contributed by atoms with Gasteiger partial charge < -0.3 is 35.3 Å². The largest absolute Gasteiger partial charge is 0.506 e. The molecular weight excluding hydrogens is 494 g/mol. The Morgan fingerprint density at radius 1 is 1.19 bits per heavy atom. The average Bonchev–Trinajstić information content (AvgIpc) is 3.57. The molecule has 2 aliphatic carbocycles. The Bertz CT molecular complexity index is 1260. The van der Waals surface area contributed by atoms with Gasteiger partial charge in [0.2, 0.25) is 0 Å². The number of H-pyrrole nitrogens is 1. The zero-order valence-electron chi connectivity index (χ0n) is 20.5. The van der Waals surface area contributed by atoms with Crippen molar-refractivity contribution in [3.63, 3.8) is 0 Å². The number of aromatic nitrogens is 1. The van der Waals surface area contributed by atoms with Crippen molar-refractivity contribution in [2.45, 2.75) is 50.5 Å². The molecule has 1 heterocycles. The number of hydrogen-bond donors (Lipinski definition) is 5. The minimum absolute atomic E-state index is 0.00391. The highest BCUT2D eigenvalue weighted by Gasteiger charge is 2.49. The first kappa shape index (κ1) is 25.7. The van der Waals surface area contributed by atoms with E-state index in [1.54, 1.807) is 6.07 Å². The van der Waals surface area contributed by atoms with Gasteiger partial charge in [0.15, 0.2) is 0 Å². The van der Waals surface area contributed by atoms with Gasteiger partial charge in [0.25, 0.3) is 6.47 Å². The second kappa shape index (κ2) is 11.6. The zero-order valence-corrected chi connectivity index (χ0v) is 21.3. The molecule has 0 radical (unpaired) electrons. The van der Waals surface area contributed by atoms with Crippen molar-refractivity contribution in [2.24, 2.45) is 11.8 Å². The van der Waals surface area contributed by atoms with E-state index in [-0.39, 0.29) is 16.7 Å². The van der Waals surface area contributed by atoms with E-state index >= 15 is 0 Å². The number of fused-ring (bicyclic) bond motifs is 3. The van der Waals surface area contributed by atoms with Crippen LogP contribution in [0.1, 0.15) is 42.9 Å². The van der Waals surface area contributed by atoms with Crippen LogP contribution in [-0.4, -0.2) is 53.5 Å². The van der Waals surface area contributed by atoms with Gasteiger partial charge in [-0.3, -0.25) is 9.59 Å². The summed E-state index contributed by atoms with van der Waals surface area (Å²) >= 11 is 0.980. The molecule has 0 unspecified atom stereocenters. The summed E-state index contributed by atoms with van der Waals surface area (Å²) in [5.74, 6) is 1.77. The first-order chi connectivity index (χ1) is 18.0. The fourth-order valence-electron chi connectivity index (χ4n) is 5.80. The van der Waals surface area contributed by atoms with Gasteiger partial charge in [-0.2, -0.15) is 0 Å². The summed E-state index contributed by atoms with van der Waals surface area (Å²) in [4.78, 5) is 24.8. The van der Waals surface area contributed by atoms with E-state index in [9.17, 15) is 19.8 Å². The molecule has 0 aliphatic heterocycles. The van der Waals surface area contributed by atoms with Crippen LogP contribution in [-0.2, 0) is 16.1 Å². The standard InChI is InChI=1S/C27H33N3O6S/c31-15-36-25-17-4-7-19(25)21(12-17)29-10-1-11-35-18-5-2-16(3-6-18)13-28-14-23(33)20-8-9-22(32)24-26(20)37-27(34)30-24/h2-3,5-6,8-9,15,17,19,21,23,25,28-29,32-33H,1,4,7,10-14H2,(H,30,34)/t17-,19+,21-,23+,25+/m0/s1. The van der Waals surface area contributed by atoms with E-state index < -0.39 is 6.10 Å². The zero-order chi connectivity index (χ0) is 25.8. The molecular formula is C27H33N3O6S. The molecule has 5 N–H and O–H groups in total. The lowest BCUT2D eigenvalue weighted by molar-refractivity contribution is -0.135. The molecule has 0 saturated heterocycles. The Morgan fingerprint density at radius 3 is 2.84 bits per heavy atom. The highest BCUT2D eigenvalue weighted by Crippen LogP contribution is 2.46. The maximum atomic E-state index is 11.7. The van der Waals surface area contributed by atoms with Crippen LogP contribution < -0.4 is 20.2 Å². The quantitative estimate of drug-likeness (QED) is 0.169. The normalized spacial score (nSPS) is 23.4. The lowest BCUT2D eigenvalue weighted by Crippen LogP contribution is -2.36. The van der Waals surface area contributed by atoms with Gasteiger partial charge in [-0.15, -0.1) is 0 Å². The van der Waals surface area contributed by atoms with E-state index in [0.717, 1.165) is 54.9 Å². The number of nitrogens with one attached hydrogen (secondary N) is 3. The molecule has 37 heavy (non-hydrogen) atoms. The molecule has 2 saturated carbocycles. The lowest BCUT2D eigenvalue weighted by Gasteiger charge is -2.23. The third-order valence-electron chi connectivity index (χ3n) is 7.58. The van der Waals surface area contributed by atoms with Gasteiger partial charge in [0.05, 0.1) is 17.4 Å². The minimum Gasteiger partial charge on any atom is -0.506 e. The predicted octanol–water partition coefficient (Wildman–Crippen LogP) is 2.82. The van der Waals surface area contributed by atoms with Crippen molar-refractivity contribution in [1.82, 2.24) is 15.6 Å². The second-order valence-corrected chi connectivity index (χ2v) is 10.9. The monoisotopic (exact) mass is 527 g/mol. The number of aromatic amines is 1. The molecule has 0 spiro atoms. The SMILES string of the molecule is O=CO[C@@H]1[C@H]2CC[C@@H]1[C@@H](NCCCOc1ccc(CNC[C@@H](O)c3ccc(O)c4[nH]c(=O)sc34)cc1)C2. The van der Waals surface area contributed by atoms with Crippen molar-refractivity contribution in [3.8, 4) is 11.5 Å². The van der Waals surface area contributed by atoms with Crippen LogP contribution in [0.5, 0.6) is 11.5 Å². The first-order valence-corrected chi connectivity index (χ1v) is 13.6. The van der Waals surface area contributed by atoms with E-state index in [0.29, 0.717) is 59.8 Å². The summed E-state index contributed by atoms with van der Waals surface area (Å²) in [6.45, 7) is 2.98. The van der Waals surface area contributed by atoms with Crippen molar-refractivity contribution in [3.05, 3.63) is 57.2 Å². The van der Waals surface area contributed by atoms with Crippen molar-refractivity contribution >= 4 is 28.0 Å². The number of thiazole rings is 1. The number of benzene rings is 2. The Hall–Kier alpha value is -2.92. The van der Waals surface area contributed by atoms with Crippen molar-refractivity contribution < 1.29 is 24.5 Å². The first-order valence-electron chi connectivity index (χ1n) is 12.8. The summed E-state index contributed by atoms with van der Waals surface area (Å²) in [5.41, 5.74) is 2.03. The summed E-state index contributed by atoms with van der Waals surface area (Å²) in [6.07, 6.45) is 3.56. The van der Waals surface area contributed by atoms with Crippen LogP contribution in [0.3, 0.4) is 0 Å². The molecule has 0 amide bonds. The Labute approximate surface area is 218 Å². The maximum Gasteiger partial charge on any atom is 0.305 e. The van der Waals surface area contributed by atoms with E-state index in [2.05, 4.69) is 15.6 Å². The molecule has 5 atom stereocenters. The van der Waals surface area contributed by atoms with Crippen LogP contribution in [0.4, 0.5) is 0 Å². The number of aliphatic hydroxyl groups is 1. The summed E-state index contributed by atoms with van der Waals surface area (Å²) in [7, 11) is 0. The maximum absolute atomic E-state index is 11.7. The van der Waals surface area contributed by atoms with Gasteiger partial charge in [-0.1, -0.05) is 29.5 Å². The second-order valence-electron chi connectivity index (χ2n) is 9.88. The van der Waals surface area contributed by atoms with Gasteiger partial charge in [0, 0.05) is 30.6 Å². The third-order valence-corrected chi connectivity index (χ3v) is 8.51. The molecule has 2 bridgehead atoms. The van der Waals surface area contributed by atoms with Crippen LogP contribution in [0.2, 0.25) is 0 Å². The van der Waals surface area contributed by atoms with E-state index in [1.165, 1.54) is 6.07 Å². The summed E-state index contributed by atoms with van der Waals surface area (Å²) in [5, 5.41) is 27.4. The van der Waals surface area contributed by atoms with Gasteiger partial charge in [-0.25, -0.2) is 0 Å². The third kappa shape index (κ3) is 5.82. The van der Waals surface area contributed by atoms with Crippen LogP contribution in [0.15, 0.2) is 41.2 Å². The Morgan fingerprint density at radius 2 is 2.03 bits per heavy atom. The molecule has 9 nitrogen and oxygen atoms in total. The number of aromatic hydroxyl groups is 1. The molecule has 2 fully saturated rings. The molecule has 1 aromatic heterocycles. The number of phenolic OH excluding ortho intramolecular Hbond substituents is 1. The highest BCUT2D eigenvalue weighted by molar-refractivity contribution is 7.16. The van der Waals surface area contributed by atoms with E-state index in [4.69, 9.17) is 9.47 Å². The van der Waals surface area contributed by atoms with Crippen LogP contribution in [0.25, 0.3) is 10.2 Å². The predicted molar refractivity (Wildman–Crippen MR) is 141 cm³/mol. The van der Waals surface area contributed by atoms with Crippen LogP contribution >= 0.6 is 11.3 Å². The number of carbonyl (C=O) groups excluding carboxylic acids is 1. The molecule has 2 aliphatic rings. The number of ether oxygens (including phenoxy) is 2. The van der Waals surface area contributed by atoms with Gasteiger partial charge in [0.1, 0.15) is 23.1 Å². The highest BCUT2D eigenvalue weighted by atomic mass is 32.1. The summed E-state index contributed by atoms with van der Waals surface area (Å²) in [6, 6.07) is 11.4. The fourth-order valence-corrected chi connectivity index (χ4v) is 6.71. The average molecular weight is 528 g/mol. The topological polar surface area (TPSA) is 133 Å². The van der Waals surface area contributed by atoms with Crippen molar-refractivity contribution in [2.75, 3.05) is 19.7 Å². The molecule has 2 aromatic carbocycles. The smallest absolute Gasteiger partial charge is 0.305 e. The van der Waals surface area contributed by atoms with E-state index in [1.807, 2.05) is 24.3 Å². The molecule has 5 rings (SSSR count). The number of rotatable bonds is 13. The summed E-state index contributed by atoms with van der Waals surface area (Å²) < 4.78 is 11.8. The molecule has 198 valence electrons. The number of aliphatic hydroxyl groups excluding tert-OH is 1. The number of hydrogen-bond acceptors (Lipinski definition) is 9. The Balaban J connectivity index is 1.01. The number of carbonyl (C=O) groups is 1. The van der Waals surface area contributed by atoms with Crippen LogP contribution in [0, 0.1) is 11.8 Å². The van der Waals surface area contributed by atoms with Gasteiger partial charge in [-0.05, 0) is 61.9 Å². The fraction of sp³-hybridized carbons (Fsp3) is 0.481. The Kier molecular flexibility index (Phi) is 8.09. The molecule has 10 heteroatoms. The lowest BCUT2D eigenvalue weighted by atomic mass is 9.95. The molecule has 3 aromatic rings. The number of phenols is 1.